The normalized spacial score (nSPS) is 11.0. The van der Waals surface area contributed by atoms with E-state index in [1.165, 1.54) is 48.5 Å². The number of hydrogen-bond acceptors (Lipinski definition) is 7. The van der Waals surface area contributed by atoms with Crippen molar-refractivity contribution in [2.24, 2.45) is 0 Å². The number of rotatable bonds is 7. The van der Waals surface area contributed by atoms with Crippen LogP contribution in [0.15, 0.2) is 82.6 Å². The predicted octanol–water partition coefficient (Wildman–Crippen LogP) is 4.05. The topological polar surface area (TPSA) is 113 Å². The summed E-state index contributed by atoms with van der Waals surface area (Å²) in [6.45, 7) is 2.32. The second-order valence-electron chi connectivity index (χ2n) is 6.02. The minimum Gasteiger partial charge on any atom is -0.494 e. The highest BCUT2D eigenvalue weighted by Gasteiger charge is 2.31. The van der Waals surface area contributed by atoms with Gasteiger partial charge in [0.15, 0.2) is 0 Å². The molecule has 154 valence electrons. The van der Waals surface area contributed by atoms with Crippen LogP contribution < -0.4 is 9.47 Å². The van der Waals surface area contributed by atoms with Gasteiger partial charge in [-0.05, 0) is 49.4 Å². The smallest absolute Gasteiger partial charge is 0.344 e. The SMILES string of the molecule is CCOc1ccc(OC(=O)c2ccccc2S(=O)(=O)c2ccccc2[N+](=O)[O-])cc1. The van der Waals surface area contributed by atoms with Gasteiger partial charge in [-0.2, -0.15) is 0 Å². The maximum Gasteiger partial charge on any atom is 0.344 e. The lowest BCUT2D eigenvalue weighted by Crippen LogP contribution is -2.15. The summed E-state index contributed by atoms with van der Waals surface area (Å²) in [7, 11) is -4.36. The van der Waals surface area contributed by atoms with Crippen LogP contribution in [0.1, 0.15) is 17.3 Å². The predicted molar refractivity (Wildman–Crippen MR) is 108 cm³/mol. The van der Waals surface area contributed by atoms with Gasteiger partial charge in [0.05, 0.1) is 22.0 Å². The van der Waals surface area contributed by atoms with E-state index in [-0.39, 0.29) is 16.2 Å². The fraction of sp³-hybridized carbons (Fsp3) is 0.0952. The molecule has 9 heteroatoms. The van der Waals surface area contributed by atoms with E-state index in [1.807, 2.05) is 6.92 Å². The summed E-state index contributed by atoms with van der Waals surface area (Å²) in [4.78, 5) is 22.3. The van der Waals surface area contributed by atoms with E-state index >= 15 is 0 Å². The zero-order valence-corrected chi connectivity index (χ0v) is 16.7. The Hall–Kier alpha value is -3.72. The van der Waals surface area contributed by atoms with E-state index < -0.39 is 31.3 Å². The highest BCUT2D eigenvalue weighted by Crippen LogP contribution is 2.31. The maximum atomic E-state index is 13.1. The van der Waals surface area contributed by atoms with E-state index in [1.54, 1.807) is 12.1 Å². The molecule has 0 aliphatic rings. The average Bonchev–Trinajstić information content (AvgIpc) is 2.75. The number of carbonyl (C=O) groups excluding carboxylic acids is 1. The average molecular weight is 427 g/mol. The Balaban J connectivity index is 1.98. The Morgan fingerprint density at radius 3 is 2.10 bits per heavy atom. The van der Waals surface area contributed by atoms with Gasteiger partial charge in [0.1, 0.15) is 16.4 Å². The lowest BCUT2D eigenvalue weighted by molar-refractivity contribution is -0.387. The van der Waals surface area contributed by atoms with Crippen LogP contribution in [0, 0.1) is 10.1 Å². The van der Waals surface area contributed by atoms with Crippen molar-refractivity contribution >= 4 is 21.5 Å². The monoisotopic (exact) mass is 427 g/mol. The molecule has 3 rings (SSSR count). The van der Waals surface area contributed by atoms with Crippen molar-refractivity contribution in [3.05, 3.63) is 88.5 Å². The van der Waals surface area contributed by atoms with Crippen LogP contribution >= 0.6 is 0 Å². The van der Waals surface area contributed by atoms with Crippen LogP contribution in [-0.4, -0.2) is 25.9 Å². The maximum absolute atomic E-state index is 13.1. The van der Waals surface area contributed by atoms with E-state index in [0.29, 0.717) is 12.4 Å². The molecule has 0 fully saturated rings. The molecule has 30 heavy (non-hydrogen) atoms. The standard InChI is InChI=1S/C21H17NO7S/c1-2-28-15-11-13-16(14-12-15)29-21(23)17-7-3-5-9-19(17)30(26,27)20-10-6-4-8-18(20)22(24)25/h3-14H,2H2,1H3. The van der Waals surface area contributed by atoms with Crippen molar-refractivity contribution in [3.63, 3.8) is 0 Å². The number of para-hydroxylation sites is 1. The van der Waals surface area contributed by atoms with Gasteiger partial charge in [-0.3, -0.25) is 10.1 Å². The summed E-state index contributed by atoms with van der Waals surface area (Å²) in [6, 6.07) is 16.6. The van der Waals surface area contributed by atoms with Crippen LogP contribution in [-0.2, 0) is 9.84 Å². The van der Waals surface area contributed by atoms with Crippen molar-refractivity contribution in [2.45, 2.75) is 16.7 Å². The summed E-state index contributed by atoms with van der Waals surface area (Å²) in [5.41, 5.74) is -0.809. The summed E-state index contributed by atoms with van der Waals surface area (Å²) in [5, 5.41) is 11.3. The first-order chi connectivity index (χ1) is 14.3. The Bertz CT molecular complexity index is 1190. The molecule has 0 radical (unpaired) electrons. The molecule has 8 nitrogen and oxygen atoms in total. The van der Waals surface area contributed by atoms with Crippen LogP contribution in [0.2, 0.25) is 0 Å². The van der Waals surface area contributed by atoms with E-state index in [4.69, 9.17) is 9.47 Å². The second-order valence-corrected chi connectivity index (χ2v) is 7.90. The fourth-order valence-corrected chi connectivity index (χ4v) is 4.37. The summed E-state index contributed by atoms with van der Waals surface area (Å²) in [5.74, 6) is -0.116. The van der Waals surface area contributed by atoms with Crippen LogP contribution in [0.3, 0.4) is 0 Å². The third-order valence-electron chi connectivity index (χ3n) is 4.09. The number of ether oxygens (including phenoxy) is 2. The summed E-state index contributed by atoms with van der Waals surface area (Å²) < 4.78 is 36.9. The lowest BCUT2D eigenvalue weighted by Gasteiger charge is -2.11. The molecule has 0 heterocycles. The van der Waals surface area contributed by atoms with E-state index in [0.717, 1.165) is 12.1 Å². The molecule has 0 unspecified atom stereocenters. The first-order valence-corrected chi connectivity index (χ1v) is 10.4. The number of carbonyl (C=O) groups is 1. The Labute approximate surface area is 172 Å². The van der Waals surface area contributed by atoms with Crippen LogP contribution in [0.25, 0.3) is 0 Å². The zero-order valence-electron chi connectivity index (χ0n) is 15.8. The van der Waals surface area contributed by atoms with Gasteiger partial charge in [0, 0.05) is 6.07 Å². The number of hydrogen-bond donors (Lipinski definition) is 0. The highest BCUT2D eigenvalue weighted by molar-refractivity contribution is 7.91. The first kappa shape index (κ1) is 21.0. The minimum atomic E-state index is -4.36. The zero-order chi connectivity index (χ0) is 21.7. The van der Waals surface area contributed by atoms with Crippen molar-refractivity contribution in [1.29, 1.82) is 0 Å². The van der Waals surface area contributed by atoms with Crippen molar-refractivity contribution in [1.82, 2.24) is 0 Å². The third-order valence-corrected chi connectivity index (χ3v) is 5.95. The Kier molecular flexibility index (Phi) is 6.12. The van der Waals surface area contributed by atoms with Crippen molar-refractivity contribution in [3.8, 4) is 11.5 Å². The molecule has 0 saturated carbocycles. The van der Waals surface area contributed by atoms with Gasteiger partial charge in [-0.25, -0.2) is 13.2 Å². The molecule has 0 spiro atoms. The Morgan fingerprint density at radius 2 is 1.47 bits per heavy atom. The van der Waals surface area contributed by atoms with Gasteiger partial charge in [0.25, 0.3) is 5.69 Å². The molecule has 0 aliphatic carbocycles. The van der Waals surface area contributed by atoms with Crippen LogP contribution in [0.5, 0.6) is 11.5 Å². The molecule has 3 aromatic carbocycles. The second kappa shape index (κ2) is 8.75. The highest BCUT2D eigenvalue weighted by atomic mass is 32.2. The van der Waals surface area contributed by atoms with Gasteiger partial charge >= 0.3 is 5.97 Å². The third kappa shape index (κ3) is 4.31. The fourth-order valence-electron chi connectivity index (χ4n) is 2.76. The molecular weight excluding hydrogens is 410 g/mol. The number of nitrogens with zero attached hydrogens (tertiary/aromatic N) is 1. The molecule has 3 aromatic rings. The molecule has 0 N–H and O–H groups in total. The van der Waals surface area contributed by atoms with Crippen molar-refractivity contribution < 1.29 is 27.6 Å². The molecule has 0 atom stereocenters. The van der Waals surface area contributed by atoms with Gasteiger partial charge in [-0.15, -0.1) is 0 Å². The van der Waals surface area contributed by atoms with Gasteiger partial charge < -0.3 is 9.47 Å². The number of nitro groups is 1. The van der Waals surface area contributed by atoms with Crippen LogP contribution in [0.4, 0.5) is 5.69 Å². The minimum absolute atomic E-state index is 0.196. The molecule has 0 saturated heterocycles. The molecular formula is C21H17NO7S. The molecule has 0 aliphatic heterocycles. The molecule has 0 amide bonds. The van der Waals surface area contributed by atoms with E-state index in [9.17, 15) is 23.3 Å². The number of benzene rings is 3. The molecule has 0 bridgehead atoms. The Morgan fingerprint density at radius 1 is 0.900 bits per heavy atom. The van der Waals surface area contributed by atoms with Crippen molar-refractivity contribution in [2.75, 3.05) is 6.61 Å². The van der Waals surface area contributed by atoms with E-state index in [2.05, 4.69) is 0 Å². The quantitative estimate of drug-likeness (QED) is 0.242. The number of nitro benzene ring substituents is 1. The lowest BCUT2D eigenvalue weighted by atomic mass is 10.2. The molecule has 0 aromatic heterocycles. The van der Waals surface area contributed by atoms with Gasteiger partial charge in [0.2, 0.25) is 9.84 Å². The number of esters is 1. The number of sulfone groups is 1. The first-order valence-electron chi connectivity index (χ1n) is 8.87. The summed E-state index contributed by atoms with van der Waals surface area (Å²) in [6.07, 6.45) is 0. The largest absolute Gasteiger partial charge is 0.494 e. The summed E-state index contributed by atoms with van der Waals surface area (Å²) >= 11 is 0. The van der Waals surface area contributed by atoms with Gasteiger partial charge in [-0.1, -0.05) is 24.3 Å².